The van der Waals surface area contributed by atoms with E-state index in [0.29, 0.717) is 6.61 Å². The van der Waals surface area contributed by atoms with E-state index >= 15 is 0 Å². The van der Waals surface area contributed by atoms with E-state index in [0.717, 1.165) is 37.4 Å². The third kappa shape index (κ3) is 9.31. The second kappa shape index (κ2) is 11.5. The van der Waals surface area contributed by atoms with Gasteiger partial charge in [-0.1, -0.05) is 44.2 Å². The molecule has 0 amide bonds. The molecule has 150 valence electrons. The van der Waals surface area contributed by atoms with Crippen molar-refractivity contribution in [2.45, 2.75) is 46.8 Å². The third-order valence-electron chi connectivity index (χ3n) is 3.68. The van der Waals surface area contributed by atoms with Crippen molar-refractivity contribution in [3.8, 4) is 5.75 Å². The summed E-state index contributed by atoms with van der Waals surface area (Å²) in [6, 6.07) is 12.4. The lowest BCUT2D eigenvalue weighted by molar-refractivity contribution is -0.703. The molecule has 0 unspecified atom stereocenters. The van der Waals surface area contributed by atoms with Gasteiger partial charge in [-0.15, -0.1) is 0 Å². The molecular weight excluding hydrogens is 359 g/mol. The molecule has 2 aromatic rings. The van der Waals surface area contributed by atoms with E-state index in [2.05, 4.69) is 55.1 Å². The number of halogens is 4. The van der Waals surface area contributed by atoms with Gasteiger partial charge in [0.2, 0.25) is 11.4 Å². The summed E-state index contributed by atoms with van der Waals surface area (Å²) in [5.41, 5.74) is 3.45. The number of rotatable bonds is 8. The number of nitrogens with one attached hydrogen (secondary N) is 1. The Kier molecular flexibility index (Phi) is 9.68. The Hall–Kier alpha value is -2.25. The molecule has 0 aliphatic carbocycles. The van der Waals surface area contributed by atoms with Crippen molar-refractivity contribution in [3.05, 3.63) is 53.9 Å². The van der Waals surface area contributed by atoms with Crippen molar-refractivity contribution in [2.24, 2.45) is 0 Å². The number of nitrogens with zero attached hydrogens (tertiary/aromatic N) is 1. The van der Waals surface area contributed by atoms with Crippen molar-refractivity contribution < 1.29 is 26.6 Å². The van der Waals surface area contributed by atoms with E-state index in [-0.39, 0.29) is 0 Å². The fourth-order valence-electron chi connectivity index (χ4n) is 2.47. The molecule has 0 fully saturated rings. The summed E-state index contributed by atoms with van der Waals surface area (Å²) in [5.74, 6) is 0.966. The fraction of sp³-hybridized carbons (Fsp3) is 0.421. The summed E-state index contributed by atoms with van der Waals surface area (Å²) >= 11 is 0. The maximum atomic E-state index is 9.75. The van der Waals surface area contributed by atoms with Crippen LogP contribution in [0.15, 0.2) is 42.6 Å². The molecular formula is C19H27BF4N2O. The zero-order valence-corrected chi connectivity index (χ0v) is 16.0. The van der Waals surface area contributed by atoms with Crippen molar-refractivity contribution in [1.29, 1.82) is 0 Å². The summed E-state index contributed by atoms with van der Waals surface area (Å²) in [7, 11) is -6.00. The first-order valence-corrected chi connectivity index (χ1v) is 9.07. The van der Waals surface area contributed by atoms with Gasteiger partial charge >= 0.3 is 7.25 Å². The monoisotopic (exact) mass is 386 g/mol. The lowest BCUT2D eigenvalue weighted by atomic mass is 10.2. The van der Waals surface area contributed by atoms with Gasteiger partial charge in [-0.25, -0.2) is 0 Å². The number of aromatic nitrogens is 1. The molecule has 0 aliphatic rings. The Balaban J connectivity index is 0.000000646. The maximum Gasteiger partial charge on any atom is 0.673 e. The number of hydrogen-bond acceptors (Lipinski definition) is 2. The zero-order chi connectivity index (χ0) is 20.3. The van der Waals surface area contributed by atoms with E-state index < -0.39 is 7.25 Å². The number of anilines is 1. The van der Waals surface area contributed by atoms with E-state index in [4.69, 9.17) is 4.74 Å². The summed E-state index contributed by atoms with van der Waals surface area (Å²) in [4.78, 5) is 0. The van der Waals surface area contributed by atoms with Crippen molar-refractivity contribution in [3.63, 3.8) is 0 Å². The van der Waals surface area contributed by atoms with Crippen LogP contribution in [-0.4, -0.2) is 13.8 Å². The van der Waals surface area contributed by atoms with Crippen LogP contribution in [0.3, 0.4) is 0 Å². The SMILES string of the molecule is CCCNc1cc[n+](CCC)c(C)c1OCc1ccccc1.F[B-](F)(F)F. The Morgan fingerprint density at radius 2 is 1.63 bits per heavy atom. The highest BCUT2D eigenvalue weighted by atomic mass is 19.5. The zero-order valence-electron chi connectivity index (χ0n) is 16.0. The molecule has 1 heterocycles. The fourth-order valence-corrected chi connectivity index (χ4v) is 2.47. The van der Waals surface area contributed by atoms with Gasteiger partial charge in [0.1, 0.15) is 13.2 Å². The van der Waals surface area contributed by atoms with Crippen LogP contribution in [-0.2, 0) is 13.2 Å². The molecule has 1 aromatic carbocycles. The first kappa shape index (κ1) is 22.8. The molecule has 8 heteroatoms. The average molecular weight is 386 g/mol. The minimum atomic E-state index is -6.00. The summed E-state index contributed by atoms with van der Waals surface area (Å²) in [6.45, 7) is 9.07. The van der Waals surface area contributed by atoms with Crippen LogP contribution >= 0.6 is 0 Å². The molecule has 0 saturated heterocycles. The number of hydrogen-bond donors (Lipinski definition) is 1. The van der Waals surface area contributed by atoms with Crippen LogP contribution in [0.25, 0.3) is 0 Å². The topological polar surface area (TPSA) is 25.1 Å². The second-order valence-electron chi connectivity index (χ2n) is 6.03. The molecule has 0 aliphatic heterocycles. The molecule has 0 saturated carbocycles. The summed E-state index contributed by atoms with van der Waals surface area (Å²) in [6.07, 6.45) is 4.36. The van der Waals surface area contributed by atoms with Gasteiger partial charge in [0, 0.05) is 26.0 Å². The number of pyridine rings is 1. The molecule has 2 rings (SSSR count). The average Bonchev–Trinajstić information content (AvgIpc) is 2.61. The van der Waals surface area contributed by atoms with Gasteiger partial charge in [0.15, 0.2) is 6.20 Å². The molecule has 1 N–H and O–H groups in total. The van der Waals surface area contributed by atoms with Crippen LogP contribution in [0.2, 0.25) is 0 Å². The molecule has 0 atom stereocenters. The van der Waals surface area contributed by atoms with E-state index in [1.807, 2.05) is 18.2 Å². The number of ether oxygens (including phenoxy) is 1. The second-order valence-corrected chi connectivity index (χ2v) is 6.03. The standard InChI is InChI=1S/C19H26N2O.BF4/c1-4-12-20-18-11-14-21(13-5-2)16(3)19(18)22-15-17-9-7-6-8-10-17;2-1(3,4)5/h6-11,14H,4-5,12-13,15H2,1-3H3;/q;-1/p+1. The van der Waals surface area contributed by atoms with Gasteiger partial charge in [0.25, 0.3) is 0 Å². The number of benzene rings is 1. The Morgan fingerprint density at radius 3 is 2.19 bits per heavy atom. The normalized spacial score (nSPS) is 10.8. The molecule has 0 radical (unpaired) electrons. The highest BCUT2D eigenvalue weighted by Crippen LogP contribution is 2.27. The van der Waals surface area contributed by atoms with Crippen LogP contribution < -0.4 is 14.6 Å². The van der Waals surface area contributed by atoms with Gasteiger partial charge in [-0.2, -0.15) is 4.57 Å². The van der Waals surface area contributed by atoms with Crippen molar-refractivity contribution in [1.82, 2.24) is 0 Å². The Labute approximate surface area is 158 Å². The third-order valence-corrected chi connectivity index (χ3v) is 3.68. The molecule has 3 nitrogen and oxygen atoms in total. The first-order chi connectivity index (χ1) is 12.8. The highest BCUT2D eigenvalue weighted by Gasteiger charge is 2.20. The summed E-state index contributed by atoms with van der Waals surface area (Å²) in [5, 5.41) is 3.47. The highest BCUT2D eigenvalue weighted by molar-refractivity contribution is 6.50. The van der Waals surface area contributed by atoms with E-state index in [1.54, 1.807) is 0 Å². The minimum absolute atomic E-state index is 0.596. The molecule has 27 heavy (non-hydrogen) atoms. The Morgan fingerprint density at radius 1 is 1.00 bits per heavy atom. The van der Waals surface area contributed by atoms with Gasteiger partial charge < -0.3 is 27.3 Å². The predicted molar refractivity (Wildman–Crippen MR) is 101 cm³/mol. The van der Waals surface area contributed by atoms with Crippen LogP contribution in [0.1, 0.15) is 37.9 Å². The lowest BCUT2D eigenvalue weighted by Crippen LogP contribution is -2.37. The quantitative estimate of drug-likeness (QED) is 0.374. The van der Waals surface area contributed by atoms with Crippen molar-refractivity contribution in [2.75, 3.05) is 11.9 Å². The molecule has 1 aromatic heterocycles. The molecule has 0 spiro atoms. The van der Waals surface area contributed by atoms with E-state index in [9.17, 15) is 17.3 Å². The molecule has 0 bridgehead atoms. The van der Waals surface area contributed by atoms with Crippen LogP contribution in [0.4, 0.5) is 23.0 Å². The largest absolute Gasteiger partial charge is 0.673 e. The van der Waals surface area contributed by atoms with Crippen LogP contribution in [0, 0.1) is 6.92 Å². The van der Waals surface area contributed by atoms with Crippen molar-refractivity contribution >= 4 is 12.9 Å². The van der Waals surface area contributed by atoms with Crippen LogP contribution in [0.5, 0.6) is 5.75 Å². The minimum Gasteiger partial charge on any atom is -0.481 e. The lowest BCUT2D eigenvalue weighted by Gasteiger charge is -2.14. The van der Waals surface area contributed by atoms with Gasteiger partial charge in [0.05, 0.1) is 5.69 Å². The Bertz CT molecular complexity index is 675. The maximum absolute atomic E-state index is 9.75. The van der Waals surface area contributed by atoms with Gasteiger partial charge in [-0.05, 0) is 12.0 Å². The van der Waals surface area contributed by atoms with Gasteiger partial charge in [-0.3, -0.25) is 0 Å². The number of aryl methyl sites for hydroxylation is 1. The predicted octanol–water partition coefficient (Wildman–Crippen LogP) is 5.39. The summed E-state index contributed by atoms with van der Waals surface area (Å²) < 4.78 is 47.4. The van der Waals surface area contributed by atoms with E-state index in [1.165, 1.54) is 11.3 Å². The first-order valence-electron chi connectivity index (χ1n) is 9.07. The smallest absolute Gasteiger partial charge is 0.481 e.